The van der Waals surface area contributed by atoms with E-state index in [1.807, 2.05) is 30.9 Å². The minimum Gasteiger partial charge on any atom is -0.377 e. The predicted molar refractivity (Wildman–Crippen MR) is 90.7 cm³/mol. The average molecular weight is 288 g/mol. The Kier molecular flexibility index (Phi) is 2.82. The molecular weight excluding hydrogens is 272 g/mol. The van der Waals surface area contributed by atoms with Crippen LogP contribution in [0, 0.1) is 0 Å². The fourth-order valence-electron chi connectivity index (χ4n) is 2.84. The minimum atomic E-state index is 0.907. The zero-order valence-electron chi connectivity index (χ0n) is 12.6. The summed E-state index contributed by atoms with van der Waals surface area (Å²) in [5.74, 6) is 0.907. The fraction of sp³-hybridized carbons (Fsp3) is 0.111. The molecule has 0 amide bonds. The third kappa shape index (κ3) is 1.92. The zero-order chi connectivity index (χ0) is 15.1. The van der Waals surface area contributed by atoms with Crippen molar-refractivity contribution >= 4 is 27.4 Å². The molecule has 4 aromatic rings. The molecule has 0 unspecified atom stereocenters. The van der Waals surface area contributed by atoms with Crippen LogP contribution in [0.15, 0.2) is 61.2 Å². The summed E-state index contributed by atoms with van der Waals surface area (Å²) in [4.78, 5) is 11.0. The largest absolute Gasteiger partial charge is 0.377 e. The van der Waals surface area contributed by atoms with E-state index in [4.69, 9.17) is 0 Å². The van der Waals surface area contributed by atoms with Crippen molar-refractivity contribution in [3.05, 3.63) is 61.2 Å². The molecule has 4 heteroatoms. The van der Waals surface area contributed by atoms with Crippen molar-refractivity contribution in [1.29, 1.82) is 0 Å². The molecule has 0 aliphatic carbocycles. The van der Waals surface area contributed by atoms with Crippen LogP contribution in [-0.2, 0) is 0 Å². The van der Waals surface area contributed by atoms with Crippen molar-refractivity contribution in [2.45, 2.75) is 0 Å². The molecule has 0 fully saturated rings. The van der Waals surface area contributed by atoms with E-state index < -0.39 is 0 Å². The summed E-state index contributed by atoms with van der Waals surface area (Å²) in [5.41, 5.74) is 2.26. The Morgan fingerprint density at radius 1 is 1.00 bits per heavy atom. The highest BCUT2D eigenvalue weighted by Crippen LogP contribution is 2.27. The lowest BCUT2D eigenvalue weighted by atomic mass is 10.1. The number of fused-ring (bicyclic) bond motifs is 2. The lowest BCUT2D eigenvalue weighted by Gasteiger charge is -2.16. The summed E-state index contributed by atoms with van der Waals surface area (Å²) >= 11 is 0. The molecular formula is C18H16N4. The van der Waals surface area contributed by atoms with Gasteiger partial charge < -0.3 is 4.90 Å². The Labute approximate surface area is 128 Å². The first kappa shape index (κ1) is 12.8. The molecule has 22 heavy (non-hydrogen) atoms. The van der Waals surface area contributed by atoms with Crippen molar-refractivity contribution in [2.75, 3.05) is 19.0 Å². The van der Waals surface area contributed by atoms with Gasteiger partial charge in [-0.15, -0.1) is 0 Å². The van der Waals surface area contributed by atoms with Gasteiger partial charge in [0.2, 0.25) is 0 Å². The number of pyridine rings is 2. The summed E-state index contributed by atoms with van der Waals surface area (Å²) in [6.45, 7) is 0. The SMILES string of the molecule is CN(C)c1cccc2cnc(-n3ccc4ccncc43)cc12. The van der Waals surface area contributed by atoms with Gasteiger partial charge in [-0.2, -0.15) is 0 Å². The van der Waals surface area contributed by atoms with E-state index in [0.717, 1.165) is 22.1 Å². The van der Waals surface area contributed by atoms with Crippen LogP contribution in [0.3, 0.4) is 0 Å². The summed E-state index contributed by atoms with van der Waals surface area (Å²) in [6, 6.07) is 12.5. The number of nitrogens with zero attached hydrogens (tertiary/aromatic N) is 4. The molecule has 0 N–H and O–H groups in total. The predicted octanol–water partition coefficient (Wildman–Crippen LogP) is 3.64. The van der Waals surface area contributed by atoms with Crippen LogP contribution >= 0.6 is 0 Å². The fourth-order valence-corrected chi connectivity index (χ4v) is 2.84. The molecule has 108 valence electrons. The maximum absolute atomic E-state index is 4.62. The van der Waals surface area contributed by atoms with Gasteiger partial charge in [0.1, 0.15) is 5.82 Å². The zero-order valence-corrected chi connectivity index (χ0v) is 12.6. The van der Waals surface area contributed by atoms with Gasteiger partial charge in [-0.25, -0.2) is 4.98 Å². The van der Waals surface area contributed by atoms with Gasteiger partial charge in [0.05, 0.1) is 11.7 Å². The normalized spacial score (nSPS) is 11.2. The summed E-state index contributed by atoms with van der Waals surface area (Å²) < 4.78 is 2.08. The Bertz CT molecular complexity index is 969. The molecule has 0 aliphatic rings. The van der Waals surface area contributed by atoms with Crippen molar-refractivity contribution in [1.82, 2.24) is 14.5 Å². The topological polar surface area (TPSA) is 34.0 Å². The van der Waals surface area contributed by atoms with Gasteiger partial charge in [-0.3, -0.25) is 9.55 Å². The molecule has 3 aromatic heterocycles. The van der Waals surface area contributed by atoms with E-state index in [9.17, 15) is 0 Å². The van der Waals surface area contributed by atoms with Gasteiger partial charge in [0, 0.05) is 54.5 Å². The van der Waals surface area contributed by atoms with Gasteiger partial charge in [-0.1, -0.05) is 12.1 Å². The molecule has 4 nitrogen and oxygen atoms in total. The van der Waals surface area contributed by atoms with Crippen LogP contribution in [0.2, 0.25) is 0 Å². The minimum absolute atomic E-state index is 0.907. The highest BCUT2D eigenvalue weighted by atomic mass is 15.1. The van der Waals surface area contributed by atoms with Gasteiger partial charge >= 0.3 is 0 Å². The Hall–Kier alpha value is -2.88. The quantitative estimate of drug-likeness (QED) is 0.564. The Morgan fingerprint density at radius 2 is 1.91 bits per heavy atom. The molecule has 4 rings (SSSR count). The van der Waals surface area contributed by atoms with E-state index in [1.165, 1.54) is 11.1 Å². The maximum atomic E-state index is 4.62. The second kappa shape index (κ2) is 4.84. The molecule has 1 aromatic carbocycles. The van der Waals surface area contributed by atoms with E-state index in [1.54, 1.807) is 0 Å². The third-order valence-electron chi connectivity index (χ3n) is 3.95. The molecule has 0 spiro atoms. The smallest absolute Gasteiger partial charge is 0.137 e. The number of aromatic nitrogens is 3. The summed E-state index contributed by atoms with van der Waals surface area (Å²) in [5, 5.41) is 3.51. The number of benzene rings is 1. The monoisotopic (exact) mass is 288 g/mol. The molecule has 0 aliphatic heterocycles. The van der Waals surface area contributed by atoms with Crippen LogP contribution in [0.25, 0.3) is 27.5 Å². The third-order valence-corrected chi connectivity index (χ3v) is 3.95. The molecule has 3 heterocycles. The van der Waals surface area contributed by atoms with Crippen LogP contribution in [0.4, 0.5) is 5.69 Å². The summed E-state index contributed by atoms with van der Waals surface area (Å²) in [7, 11) is 4.12. The maximum Gasteiger partial charge on any atom is 0.137 e. The lowest BCUT2D eigenvalue weighted by molar-refractivity contribution is 1.05. The van der Waals surface area contributed by atoms with Crippen molar-refractivity contribution in [2.24, 2.45) is 0 Å². The van der Waals surface area contributed by atoms with Crippen molar-refractivity contribution in [3.63, 3.8) is 0 Å². The first-order valence-electron chi connectivity index (χ1n) is 7.21. The number of rotatable bonds is 2. The van der Waals surface area contributed by atoms with Gasteiger partial charge in [0.15, 0.2) is 0 Å². The lowest BCUT2D eigenvalue weighted by Crippen LogP contribution is -2.09. The number of hydrogen-bond donors (Lipinski definition) is 0. The molecule has 0 saturated heterocycles. The van der Waals surface area contributed by atoms with Crippen LogP contribution in [0.1, 0.15) is 0 Å². The van der Waals surface area contributed by atoms with E-state index in [0.29, 0.717) is 0 Å². The molecule has 0 atom stereocenters. The summed E-state index contributed by atoms with van der Waals surface area (Å²) in [6.07, 6.45) is 7.66. The second-order valence-electron chi connectivity index (χ2n) is 5.56. The van der Waals surface area contributed by atoms with Crippen LogP contribution in [-0.4, -0.2) is 28.6 Å². The van der Waals surface area contributed by atoms with Crippen molar-refractivity contribution < 1.29 is 0 Å². The average Bonchev–Trinajstić information content (AvgIpc) is 2.97. The number of anilines is 1. The molecule has 0 radical (unpaired) electrons. The van der Waals surface area contributed by atoms with E-state index in [-0.39, 0.29) is 0 Å². The molecule has 0 bridgehead atoms. The van der Waals surface area contributed by atoms with E-state index in [2.05, 4.69) is 63.9 Å². The number of hydrogen-bond acceptors (Lipinski definition) is 3. The second-order valence-corrected chi connectivity index (χ2v) is 5.56. The first-order valence-corrected chi connectivity index (χ1v) is 7.21. The van der Waals surface area contributed by atoms with Crippen LogP contribution in [0.5, 0.6) is 0 Å². The van der Waals surface area contributed by atoms with E-state index >= 15 is 0 Å². The highest BCUT2D eigenvalue weighted by Gasteiger charge is 2.08. The van der Waals surface area contributed by atoms with Crippen LogP contribution < -0.4 is 4.90 Å². The van der Waals surface area contributed by atoms with Gasteiger partial charge in [-0.05, 0) is 24.3 Å². The molecule has 0 saturated carbocycles. The van der Waals surface area contributed by atoms with Gasteiger partial charge in [0.25, 0.3) is 0 Å². The first-order chi connectivity index (χ1) is 10.7. The van der Waals surface area contributed by atoms with Crippen molar-refractivity contribution in [3.8, 4) is 5.82 Å². The highest BCUT2D eigenvalue weighted by molar-refractivity contribution is 5.95. The Balaban J connectivity index is 1.98. The standard InChI is InChI=1S/C18H16N4/c1-21(2)16-5-3-4-14-11-20-18(10-15(14)16)22-9-7-13-6-8-19-12-17(13)22/h3-12H,1-2H3. The Morgan fingerprint density at radius 3 is 2.77 bits per heavy atom.